The van der Waals surface area contributed by atoms with Gasteiger partial charge in [0.2, 0.25) is 5.91 Å². The predicted molar refractivity (Wildman–Crippen MR) is 99.5 cm³/mol. The van der Waals surface area contributed by atoms with Crippen molar-refractivity contribution in [2.24, 2.45) is 0 Å². The third kappa shape index (κ3) is 4.60. The van der Waals surface area contributed by atoms with Crippen LogP contribution in [0.4, 0.5) is 5.69 Å². The maximum absolute atomic E-state index is 12.4. The summed E-state index contributed by atoms with van der Waals surface area (Å²) in [5.74, 6) is 0.249. The van der Waals surface area contributed by atoms with E-state index in [1.54, 1.807) is 43.6 Å². The first-order valence-corrected chi connectivity index (χ1v) is 8.39. The van der Waals surface area contributed by atoms with Crippen LogP contribution in [0.1, 0.15) is 15.9 Å². The number of methoxy groups -OCH3 is 2. The molecule has 0 atom stereocenters. The van der Waals surface area contributed by atoms with Crippen molar-refractivity contribution in [2.45, 2.75) is 0 Å². The zero-order valence-electron chi connectivity index (χ0n) is 14.5. The van der Waals surface area contributed by atoms with Crippen LogP contribution < -0.4 is 14.8 Å². The zero-order valence-corrected chi connectivity index (χ0v) is 15.3. The lowest BCUT2D eigenvalue weighted by Crippen LogP contribution is -2.24. The van der Waals surface area contributed by atoms with E-state index in [1.807, 2.05) is 16.8 Å². The molecular weight excluding hydrogens is 340 g/mol. The first-order valence-electron chi connectivity index (χ1n) is 7.45. The van der Waals surface area contributed by atoms with Gasteiger partial charge in [0.1, 0.15) is 0 Å². The highest BCUT2D eigenvalue weighted by Crippen LogP contribution is 2.34. The van der Waals surface area contributed by atoms with Crippen molar-refractivity contribution >= 4 is 34.9 Å². The van der Waals surface area contributed by atoms with E-state index in [1.165, 1.54) is 25.2 Å². The average Bonchev–Trinajstić information content (AvgIpc) is 3.12. The number of hydrogen-bond donors (Lipinski definition) is 1. The smallest absolute Gasteiger partial charge is 0.255 e. The Morgan fingerprint density at radius 3 is 2.40 bits per heavy atom. The fourth-order valence-corrected chi connectivity index (χ4v) is 2.74. The summed E-state index contributed by atoms with van der Waals surface area (Å²) >= 11 is 1.55. The Kier molecular flexibility index (Phi) is 6.19. The van der Waals surface area contributed by atoms with Crippen LogP contribution in [0.5, 0.6) is 11.5 Å². The lowest BCUT2D eigenvalue weighted by molar-refractivity contribution is -0.111. The molecule has 0 saturated heterocycles. The maximum Gasteiger partial charge on any atom is 0.255 e. The third-order valence-corrected chi connectivity index (χ3v) is 4.09. The maximum atomic E-state index is 12.4. The van der Waals surface area contributed by atoms with Crippen molar-refractivity contribution < 1.29 is 19.1 Å². The molecule has 132 valence electrons. The van der Waals surface area contributed by atoms with Crippen molar-refractivity contribution in [3.8, 4) is 11.5 Å². The molecule has 0 saturated carbocycles. The largest absolute Gasteiger partial charge is 0.493 e. The van der Waals surface area contributed by atoms with Crippen molar-refractivity contribution in [3.05, 3.63) is 46.2 Å². The standard InChI is InChI=1S/C18H20N2O4S/c1-20(2)18(22)13-9-15(23-3)16(24-4)10-14(13)19-17(21)6-5-12-7-8-25-11-12/h5-11H,1-4H3,(H,19,21)/b6-5+. The number of ether oxygens (including phenoxy) is 2. The number of rotatable bonds is 6. The van der Waals surface area contributed by atoms with Crippen molar-refractivity contribution in [3.63, 3.8) is 0 Å². The van der Waals surface area contributed by atoms with Crippen LogP contribution in [0, 0.1) is 0 Å². The van der Waals surface area contributed by atoms with Gasteiger partial charge >= 0.3 is 0 Å². The molecule has 0 radical (unpaired) electrons. The minimum Gasteiger partial charge on any atom is -0.493 e. The van der Waals surface area contributed by atoms with E-state index in [0.717, 1.165) is 5.56 Å². The summed E-state index contributed by atoms with van der Waals surface area (Å²) in [5, 5.41) is 6.59. The van der Waals surface area contributed by atoms with Crippen LogP contribution in [0.15, 0.2) is 35.0 Å². The number of amides is 2. The lowest BCUT2D eigenvalue weighted by Gasteiger charge is -2.17. The third-order valence-electron chi connectivity index (χ3n) is 3.39. The van der Waals surface area contributed by atoms with Gasteiger partial charge < -0.3 is 19.7 Å². The Morgan fingerprint density at radius 2 is 1.84 bits per heavy atom. The summed E-state index contributed by atoms with van der Waals surface area (Å²) in [7, 11) is 6.26. The van der Waals surface area contributed by atoms with E-state index in [-0.39, 0.29) is 11.8 Å². The quantitative estimate of drug-likeness (QED) is 0.804. The van der Waals surface area contributed by atoms with Gasteiger partial charge in [-0.05, 0) is 34.5 Å². The molecule has 0 bridgehead atoms. The van der Waals surface area contributed by atoms with Gasteiger partial charge in [-0.3, -0.25) is 9.59 Å². The molecular formula is C18H20N2O4S. The van der Waals surface area contributed by atoms with Crippen LogP contribution >= 0.6 is 11.3 Å². The molecule has 6 nitrogen and oxygen atoms in total. The molecule has 2 rings (SSSR count). The first kappa shape index (κ1) is 18.5. The molecule has 1 heterocycles. The summed E-state index contributed by atoms with van der Waals surface area (Å²) in [4.78, 5) is 26.1. The number of hydrogen-bond acceptors (Lipinski definition) is 5. The van der Waals surface area contributed by atoms with Crippen LogP contribution in [-0.2, 0) is 4.79 Å². The van der Waals surface area contributed by atoms with Gasteiger partial charge in [-0.2, -0.15) is 11.3 Å². The van der Waals surface area contributed by atoms with Gasteiger partial charge in [-0.25, -0.2) is 0 Å². The van der Waals surface area contributed by atoms with Gasteiger partial charge in [0, 0.05) is 26.2 Å². The van der Waals surface area contributed by atoms with E-state index in [4.69, 9.17) is 9.47 Å². The summed E-state index contributed by atoms with van der Waals surface area (Å²) < 4.78 is 10.5. The Morgan fingerprint density at radius 1 is 1.16 bits per heavy atom. The van der Waals surface area contributed by atoms with Gasteiger partial charge in [0.15, 0.2) is 11.5 Å². The molecule has 7 heteroatoms. The van der Waals surface area contributed by atoms with Gasteiger partial charge in [0.05, 0.1) is 25.5 Å². The molecule has 0 unspecified atom stereocenters. The highest BCUT2D eigenvalue weighted by Gasteiger charge is 2.19. The number of carbonyl (C=O) groups is 2. The highest BCUT2D eigenvalue weighted by atomic mass is 32.1. The normalized spacial score (nSPS) is 10.6. The number of nitrogens with one attached hydrogen (secondary N) is 1. The molecule has 1 N–H and O–H groups in total. The summed E-state index contributed by atoms with van der Waals surface area (Å²) in [6, 6.07) is 5.04. The fraction of sp³-hybridized carbons (Fsp3) is 0.222. The van der Waals surface area contributed by atoms with Gasteiger partial charge in [0.25, 0.3) is 5.91 Å². The SMILES string of the molecule is COc1cc(NC(=O)/C=C/c2ccsc2)c(C(=O)N(C)C)cc1OC. The average molecular weight is 360 g/mol. The first-order chi connectivity index (χ1) is 12.0. The summed E-state index contributed by atoms with van der Waals surface area (Å²) in [6.07, 6.45) is 3.13. The second-order valence-electron chi connectivity index (χ2n) is 5.33. The monoisotopic (exact) mass is 360 g/mol. The van der Waals surface area contributed by atoms with Crippen molar-refractivity contribution in [1.82, 2.24) is 4.90 Å². The Hall–Kier alpha value is -2.80. The topological polar surface area (TPSA) is 67.9 Å². The van der Waals surface area contributed by atoms with Crippen LogP contribution in [0.2, 0.25) is 0 Å². The van der Waals surface area contributed by atoms with Crippen molar-refractivity contribution in [1.29, 1.82) is 0 Å². The fourth-order valence-electron chi connectivity index (χ4n) is 2.12. The Balaban J connectivity index is 2.33. The van der Waals surface area contributed by atoms with E-state index in [2.05, 4.69) is 5.32 Å². The number of benzene rings is 1. The molecule has 0 fully saturated rings. The molecule has 1 aromatic carbocycles. The molecule has 0 aliphatic rings. The zero-order chi connectivity index (χ0) is 18.4. The molecule has 0 aliphatic heterocycles. The molecule has 1 aromatic heterocycles. The summed E-state index contributed by atoms with van der Waals surface area (Å²) in [6.45, 7) is 0. The predicted octanol–water partition coefficient (Wildman–Crippen LogP) is 3.12. The Labute approximate surface area is 150 Å². The molecule has 2 aromatic rings. The van der Waals surface area contributed by atoms with E-state index in [0.29, 0.717) is 22.7 Å². The van der Waals surface area contributed by atoms with Crippen LogP contribution in [-0.4, -0.2) is 45.0 Å². The number of carbonyl (C=O) groups excluding carboxylic acids is 2. The second-order valence-corrected chi connectivity index (χ2v) is 6.11. The second kappa shape index (κ2) is 8.34. The molecule has 2 amide bonds. The van der Waals surface area contributed by atoms with Gasteiger partial charge in [-0.15, -0.1) is 0 Å². The minimum atomic E-state index is -0.341. The van der Waals surface area contributed by atoms with E-state index >= 15 is 0 Å². The molecule has 0 aliphatic carbocycles. The van der Waals surface area contributed by atoms with Crippen molar-refractivity contribution in [2.75, 3.05) is 33.6 Å². The highest BCUT2D eigenvalue weighted by molar-refractivity contribution is 7.08. The number of thiophene rings is 1. The Bertz CT molecular complexity index is 783. The number of nitrogens with zero attached hydrogens (tertiary/aromatic N) is 1. The van der Waals surface area contributed by atoms with E-state index < -0.39 is 0 Å². The minimum absolute atomic E-state index is 0.252. The van der Waals surface area contributed by atoms with Crippen LogP contribution in [0.25, 0.3) is 6.08 Å². The van der Waals surface area contributed by atoms with E-state index in [9.17, 15) is 9.59 Å². The molecule has 0 spiro atoms. The van der Waals surface area contributed by atoms with Gasteiger partial charge in [-0.1, -0.05) is 0 Å². The van der Waals surface area contributed by atoms with Crippen LogP contribution in [0.3, 0.4) is 0 Å². The molecule has 25 heavy (non-hydrogen) atoms. The summed E-state index contributed by atoms with van der Waals surface area (Å²) in [5.41, 5.74) is 1.62. The lowest BCUT2D eigenvalue weighted by atomic mass is 10.1. The number of anilines is 1.